The van der Waals surface area contributed by atoms with Gasteiger partial charge in [-0.2, -0.15) is 5.26 Å². The molecule has 1 heterocycles. The zero-order valence-electron chi connectivity index (χ0n) is 9.01. The van der Waals surface area contributed by atoms with Gasteiger partial charge in [0.05, 0.1) is 6.07 Å². The molecular formula is C10H14N2O2S2. The Morgan fingerprint density at radius 3 is 2.88 bits per heavy atom. The lowest BCUT2D eigenvalue weighted by Crippen LogP contribution is -2.34. The van der Waals surface area contributed by atoms with Gasteiger partial charge in [-0.15, -0.1) is 11.3 Å². The summed E-state index contributed by atoms with van der Waals surface area (Å²) >= 11 is 1.59. The Kier molecular flexibility index (Phi) is 4.93. The third kappa shape index (κ3) is 3.59. The molecule has 0 aliphatic heterocycles. The quantitative estimate of drug-likeness (QED) is 0.841. The van der Waals surface area contributed by atoms with Crippen molar-refractivity contribution in [1.29, 1.82) is 5.26 Å². The van der Waals surface area contributed by atoms with E-state index in [2.05, 4.69) is 4.72 Å². The van der Waals surface area contributed by atoms with Crippen LogP contribution in [-0.4, -0.2) is 20.2 Å². The molecule has 0 radical (unpaired) electrons. The summed E-state index contributed by atoms with van der Waals surface area (Å²) in [6.45, 7) is 2.04. The minimum atomic E-state index is -3.48. The Balaban J connectivity index is 2.46. The van der Waals surface area contributed by atoms with E-state index in [0.29, 0.717) is 19.4 Å². The summed E-state index contributed by atoms with van der Waals surface area (Å²) < 4.78 is 25.6. The van der Waals surface area contributed by atoms with Gasteiger partial charge >= 0.3 is 0 Å². The van der Waals surface area contributed by atoms with Crippen LogP contribution in [0, 0.1) is 11.3 Å². The van der Waals surface area contributed by atoms with Crippen LogP contribution in [0.2, 0.25) is 0 Å². The number of hydrogen-bond acceptors (Lipinski definition) is 4. The molecule has 0 saturated heterocycles. The molecular weight excluding hydrogens is 244 g/mol. The molecule has 0 aliphatic rings. The van der Waals surface area contributed by atoms with E-state index in [4.69, 9.17) is 5.26 Å². The number of nitrogens with zero attached hydrogens (tertiary/aromatic N) is 1. The molecule has 0 fully saturated rings. The predicted octanol–water partition coefficient (Wildman–Crippen LogP) is 1.51. The van der Waals surface area contributed by atoms with Crippen molar-refractivity contribution in [3.63, 3.8) is 0 Å². The summed E-state index contributed by atoms with van der Waals surface area (Å²) in [6.07, 6.45) is 0.976. The molecule has 1 unspecified atom stereocenters. The summed E-state index contributed by atoms with van der Waals surface area (Å²) in [4.78, 5) is 1.13. The highest BCUT2D eigenvalue weighted by molar-refractivity contribution is 7.90. The fraction of sp³-hybridized carbons (Fsp3) is 0.500. The lowest BCUT2D eigenvalue weighted by atomic mass is 10.3. The van der Waals surface area contributed by atoms with Crippen LogP contribution in [-0.2, 0) is 16.4 Å². The molecule has 1 aromatic rings. The van der Waals surface area contributed by atoms with Gasteiger partial charge in [-0.3, -0.25) is 0 Å². The number of hydrogen-bond donors (Lipinski definition) is 1. The first-order chi connectivity index (χ1) is 7.60. The average molecular weight is 258 g/mol. The molecule has 0 spiro atoms. The summed E-state index contributed by atoms with van der Waals surface area (Å²) in [5.74, 6) is 0. The average Bonchev–Trinajstić information content (AvgIpc) is 2.71. The topological polar surface area (TPSA) is 70.0 Å². The van der Waals surface area contributed by atoms with Crippen molar-refractivity contribution in [2.75, 3.05) is 6.54 Å². The lowest BCUT2D eigenvalue weighted by molar-refractivity contribution is 0.573. The Bertz CT molecular complexity index is 446. The van der Waals surface area contributed by atoms with Crippen molar-refractivity contribution < 1.29 is 8.42 Å². The zero-order chi connectivity index (χ0) is 12.0. The Morgan fingerprint density at radius 2 is 2.38 bits per heavy atom. The third-order valence-electron chi connectivity index (χ3n) is 2.14. The SMILES string of the molecule is CCC(C#N)S(=O)(=O)NCCc1cccs1. The number of thiophene rings is 1. The molecule has 1 N–H and O–H groups in total. The maximum atomic E-state index is 11.6. The number of nitrogens with one attached hydrogen (secondary N) is 1. The maximum absolute atomic E-state index is 11.6. The molecule has 4 nitrogen and oxygen atoms in total. The van der Waals surface area contributed by atoms with E-state index < -0.39 is 15.3 Å². The van der Waals surface area contributed by atoms with E-state index in [1.165, 1.54) is 0 Å². The van der Waals surface area contributed by atoms with Crippen LogP contribution in [0.5, 0.6) is 0 Å². The van der Waals surface area contributed by atoms with Crippen molar-refractivity contribution in [2.24, 2.45) is 0 Å². The van der Waals surface area contributed by atoms with E-state index >= 15 is 0 Å². The van der Waals surface area contributed by atoms with Gasteiger partial charge in [0.15, 0.2) is 5.25 Å². The van der Waals surface area contributed by atoms with E-state index in [-0.39, 0.29) is 0 Å². The smallest absolute Gasteiger partial charge is 0.214 e. The van der Waals surface area contributed by atoms with E-state index in [1.807, 2.05) is 17.5 Å². The monoisotopic (exact) mass is 258 g/mol. The van der Waals surface area contributed by atoms with Gasteiger partial charge in [-0.1, -0.05) is 13.0 Å². The Morgan fingerprint density at radius 1 is 1.62 bits per heavy atom. The first-order valence-corrected chi connectivity index (χ1v) is 7.43. The first kappa shape index (κ1) is 13.2. The largest absolute Gasteiger partial charge is 0.227 e. The molecule has 1 rings (SSSR count). The van der Waals surface area contributed by atoms with Gasteiger partial charge < -0.3 is 0 Å². The van der Waals surface area contributed by atoms with Crippen LogP contribution in [0.4, 0.5) is 0 Å². The number of rotatable bonds is 6. The number of nitriles is 1. The second-order valence-electron chi connectivity index (χ2n) is 3.29. The third-order valence-corrected chi connectivity index (χ3v) is 4.87. The first-order valence-electron chi connectivity index (χ1n) is 5.00. The summed E-state index contributed by atoms with van der Waals surface area (Å²) in [5, 5.41) is 9.68. The summed E-state index contributed by atoms with van der Waals surface area (Å²) in [7, 11) is -3.48. The van der Waals surface area contributed by atoms with E-state index in [1.54, 1.807) is 24.3 Å². The van der Waals surface area contributed by atoms with Crippen molar-refractivity contribution in [3.8, 4) is 6.07 Å². The minimum absolute atomic E-state index is 0.310. The van der Waals surface area contributed by atoms with Crippen LogP contribution < -0.4 is 4.72 Å². The van der Waals surface area contributed by atoms with Crippen LogP contribution in [0.25, 0.3) is 0 Å². The highest BCUT2D eigenvalue weighted by atomic mass is 32.2. The summed E-state index contributed by atoms with van der Waals surface area (Å²) in [6, 6.07) is 5.68. The second kappa shape index (κ2) is 5.99. The van der Waals surface area contributed by atoms with Gasteiger partial charge in [-0.05, 0) is 24.3 Å². The van der Waals surface area contributed by atoms with Gasteiger partial charge in [0.25, 0.3) is 0 Å². The standard InChI is InChI=1S/C10H14N2O2S2/c1-2-10(8-11)16(13,14)12-6-5-9-4-3-7-15-9/h3-4,7,10,12H,2,5-6H2,1H3. The van der Waals surface area contributed by atoms with E-state index in [9.17, 15) is 8.42 Å². The number of sulfonamides is 1. The van der Waals surface area contributed by atoms with Crippen molar-refractivity contribution in [1.82, 2.24) is 4.72 Å². The van der Waals surface area contributed by atoms with Crippen molar-refractivity contribution in [3.05, 3.63) is 22.4 Å². The highest BCUT2D eigenvalue weighted by Gasteiger charge is 2.22. The fourth-order valence-electron chi connectivity index (χ4n) is 1.25. The van der Waals surface area contributed by atoms with Crippen molar-refractivity contribution >= 4 is 21.4 Å². The molecule has 0 saturated carbocycles. The summed E-state index contributed by atoms with van der Waals surface area (Å²) in [5.41, 5.74) is 0. The van der Waals surface area contributed by atoms with E-state index in [0.717, 1.165) is 4.88 Å². The molecule has 0 bridgehead atoms. The molecule has 88 valence electrons. The van der Waals surface area contributed by atoms with Crippen LogP contribution in [0.3, 0.4) is 0 Å². The second-order valence-corrected chi connectivity index (χ2v) is 6.27. The van der Waals surface area contributed by atoms with Gasteiger partial charge in [-0.25, -0.2) is 13.1 Å². The molecule has 6 heteroatoms. The van der Waals surface area contributed by atoms with Gasteiger partial charge in [0.2, 0.25) is 10.0 Å². The van der Waals surface area contributed by atoms with Crippen LogP contribution in [0.1, 0.15) is 18.2 Å². The van der Waals surface area contributed by atoms with Crippen LogP contribution in [0.15, 0.2) is 17.5 Å². The Hall–Kier alpha value is -0.900. The molecule has 1 aromatic heterocycles. The zero-order valence-corrected chi connectivity index (χ0v) is 10.6. The van der Waals surface area contributed by atoms with Gasteiger partial charge in [0, 0.05) is 11.4 Å². The molecule has 0 aliphatic carbocycles. The van der Waals surface area contributed by atoms with Crippen LogP contribution >= 0.6 is 11.3 Å². The lowest BCUT2D eigenvalue weighted by Gasteiger charge is -2.09. The molecule has 16 heavy (non-hydrogen) atoms. The predicted molar refractivity (Wildman–Crippen MR) is 64.6 cm³/mol. The van der Waals surface area contributed by atoms with Crippen molar-refractivity contribution in [2.45, 2.75) is 25.0 Å². The maximum Gasteiger partial charge on any atom is 0.227 e. The molecule has 1 atom stereocenters. The Labute approximate surface area is 100.0 Å². The van der Waals surface area contributed by atoms with Gasteiger partial charge in [0.1, 0.15) is 0 Å². The molecule has 0 aromatic carbocycles. The normalized spacial score (nSPS) is 13.2. The minimum Gasteiger partial charge on any atom is -0.214 e. The molecule has 0 amide bonds. The fourth-order valence-corrected chi connectivity index (χ4v) is 3.13. The highest BCUT2D eigenvalue weighted by Crippen LogP contribution is 2.09.